The summed E-state index contributed by atoms with van der Waals surface area (Å²) in [4.78, 5) is 4.71. The van der Waals surface area contributed by atoms with Crippen molar-refractivity contribution in [2.45, 2.75) is 13.1 Å². The molecule has 5 nitrogen and oxygen atoms in total. The van der Waals surface area contributed by atoms with Crippen molar-refractivity contribution in [1.82, 2.24) is 14.8 Å². The first-order valence-corrected chi connectivity index (χ1v) is 7.16. The maximum Gasteiger partial charge on any atom is 0.177 e. The molecule has 4 rings (SSSR count). The second-order valence-corrected chi connectivity index (χ2v) is 5.25. The minimum Gasteiger partial charge on any atom is -0.303 e. The monoisotopic (exact) mass is 289 g/mol. The van der Waals surface area contributed by atoms with Gasteiger partial charge in [-0.1, -0.05) is 48.5 Å². The van der Waals surface area contributed by atoms with Gasteiger partial charge in [-0.25, -0.2) is 0 Å². The molecule has 0 fully saturated rings. The Labute approximate surface area is 128 Å². The van der Waals surface area contributed by atoms with Gasteiger partial charge < -0.3 is 5.73 Å². The van der Waals surface area contributed by atoms with Crippen molar-refractivity contribution in [2.24, 2.45) is 10.7 Å². The maximum absolute atomic E-state index is 6.26. The van der Waals surface area contributed by atoms with E-state index in [9.17, 15) is 0 Å². The molecule has 2 N–H and O–H groups in total. The van der Waals surface area contributed by atoms with Gasteiger partial charge in [-0.15, -0.1) is 10.2 Å². The molecule has 0 unspecified atom stereocenters. The van der Waals surface area contributed by atoms with Crippen LogP contribution >= 0.6 is 0 Å². The third-order valence-electron chi connectivity index (χ3n) is 3.83. The van der Waals surface area contributed by atoms with Crippen molar-refractivity contribution in [1.29, 1.82) is 0 Å². The number of aliphatic imine (C=N–C) groups is 1. The Morgan fingerprint density at radius 1 is 0.955 bits per heavy atom. The lowest BCUT2D eigenvalue weighted by Gasteiger charge is -2.11. The summed E-state index contributed by atoms with van der Waals surface area (Å²) in [6.07, 6.45) is -0.538. The number of benzene rings is 2. The van der Waals surface area contributed by atoms with Gasteiger partial charge in [0.25, 0.3) is 0 Å². The summed E-state index contributed by atoms with van der Waals surface area (Å²) >= 11 is 0. The summed E-state index contributed by atoms with van der Waals surface area (Å²) in [5, 5.41) is 8.36. The molecule has 0 spiro atoms. The van der Waals surface area contributed by atoms with E-state index in [-0.39, 0.29) is 0 Å². The lowest BCUT2D eigenvalue weighted by molar-refractivity contribution is 0.691. The molecule has 2 aromatic carbocycles. The molecule has 3 aromatic rings. The van der Waals surface area contributed by atoms with E-state index in [4.69, 9.17) is 10.7 Å². The smallest absolute Gasteiger partial charge is 0.177 e. The average molecular weight is 289 g/mol. The van der Waals surface area contributed by atoms with E-state index in [1.807, 2.05) is 60.0 Å². The van der Waals surface area contributed by atoms with Crippen LogP contribution in [0.15, 0.2) is 59.6 Å². The van der Waals surface area contributed by atoms with Gasteiger partial charge in [0, 0.05) is 11.1 Å². The first-order valence-electron chi connectivity index (χ1n) is 7.16. The highest BCUT2D eigenvalue weighted by molar-refractivity contribution is 6.15. The third-order valence-corrected chi connectivity index (χ3v) is 3.83. The Balaban J connectivity index is 2.04. The van der Waals surface area contributed by atoms with E-state index >= 15 is 0 Å². The summed E-state index contributed by atoms with van der Waals surface area (Å²) in [5.41, 5.74) is 10.2. The van der Waals surface area contributed by atoms with Gasteiger partial charge in [-0.05, 0) is 13.0 Å². The molecule has 1 atom stereocenters. The zero-order chi connectivity index (χ0) is 15.1. The van der Waals surface area contributed by atoms with Crippen LogP contribution in [0.1, 0.15) is 28.9 Å². The predicted molar refractivity (Wildman–Crippen MR) is 85.1 cm³/mol. The summed E-state index contributed by atoms with van der Waals surface area (Å²) in [6, 6.07) is 18.2. The van der Waals surface area contributed by atoms with Gasteiger partial charge in [0.15, 0.2) is 12.0 Å². The van der Waals surface area contributed by atoms with E-state index in [1.165, 1.54) is 0 Å². The summed E-state index contributed by atoms with van der Waals surface area (Å²) in [5.74, 6) is 1.47. The maximum atomic E-state index is 6.26. The standard InChI is InChI=1S/C17H15N5/c1-11-20-21-17-16(18)19-15(12-7-3-2-4-8-12)13-9-5-6-10-14(13)22(11)17/h2-10,16H,18H2,1H3/t16-/m0/s1. The Morgan fingerprint density at radius 2 is 1.68 bits per heavy atom. The van der Waals surface area contributed by atoms with Crippen LogP contribution in [0.2, 0.25) is 0 Å². The average Bonchev–Trinajstić information content (AvgIpc) is 2.89. The molecule has 1 aliphatic heterocycles. The van der Waals surface area contributed by atoms with Crippen LogP contribution in [0.4, 0.5) is 0 Å². The lowest BCUT2D eigenvalue weighted by Crippen LogP contribution is -2.13. The van der Waals surface area contributed by atoms with Gasteiger partial charge in [0.1, 0.15) is 5.82 Å². The fourth-order valence-corrected chi connectivity index (χ4v) is 2.83. The molecule has 0 saturated heterocycles. The summed E-state index contributed by atoms with van der Waals surface area (Å²) in [6.45, 7) is 1.92. The number of para-hydroxylation sites is 1. The van der Waals surface area contributed by atoms with Crippen molar-refractivity contribution in [3.8, 4) is 5.69 Å². The number of nitrogens with zero attached hydrogens (tertiary/aromatic N) is 4. The molecule has 0 aliphatic carbocycles. The zero-order valence-corrected chi connectivity index (χ0v) is 12.1. The molecular formula is C17H15N5. The molecule has 1 aliphatic rings. The first-order chi connectivity index (χ1) is 10.8. The summed E-state index contributed by atoms with van der Waals surface area (Å²) in [7, 11) is 0. The Hall–Kier alpha value is -2.79. The van der Waals surface area contributed by atoms with E-state index < -0.39 is 6.17 Å². The third kappa shape index (κ3) is 1.87. The van der Waals surface area contributed by atoms with E-state index in [2.05, 4.69) is 16.3 Å². The van der Waals surface area contributed by atoms with Crippen LogP contribution in [0.25, 0.3) is 5.69 Å². The van der Waals surface area contributed by atoms with E-state index in [0.717, 1.165) is 28.4 Å². The minimum absolute atomic E-state index is 0.538. The zero-order valence-electron chi connectivity index (χ0n) is 12.1. The van der Waals surface area contributed by atoms with Crippen LogP contribution in [-0.4, -0.2) is 20.5 Å². The fourth-order valence-electron chi connectivity index (χ4n) is 2.83. The number of hydrogen-bond acceptors (Lipinski definition) is 4. The van der Waals surface area contributed by atoms with Crippen molar-refractivity contribution in [3.05, 3.63) is 77.4 Å². The normalized spacial score (nSPS) is 16.5. The predicted octanol–water partition coefficient (Wildman–Crippen LogP) is 2.38. The SMILES string of the molecule is Cc1nnc2n1-c1ccccc1C(c1ccccc1)=N[C@@H]2N. The Bertz CT molecular complexity index is 864. The molecule has 1 aromatic heterocycles. The Morgan fingerprint density at radius 3 is 2.50 bits per heavy atom. The number of rotatable bonds is 1. The van der Waals surface area contributed by atoms with Gasteiger partial charge in [0.05, 0.1) is 11.4 Å². The highest BCUT2D eigenvalue weighted by Crippen LogP contribution is 2.28. The van der Waals surface area contributed by atoms with Crippen molar-refractivity contribution >= 4 is 5.71 Å². The number of aryl methyl sites for hydroxylation is 1. The number of nitrogens with two attached hydrogens (primary N) is 1. The Kier molecular flexibility index (Phi) is 2.87. The van der Waals surface area contributed by atoms with Crippen LogP contribution in [-0.2, 0) is 0 Å². The first kappa shape index (κ1) is 12.9. The number of aromatic nitrogens is 3. The number of hydrogen-bond donors (Lipinski definition) is 1. The molecule has 0 amide bonds. The topological polar surface area (TPSA) is 69.1 Å². The second-order valence-electron chi connectivity index (χ2n) is 5.25. The highest BCUT2D eigenvalue weighted by Gasteiger charge is 2.25. The van der Waals surface area contributed by atoms with Crippen molar-refractivity contribution in [3.63, 3.8) is 0 Å². The minimum atomic E-state index is -0.538. The molecule has 0 bridgehead atoms. The van der Waals surface area contributed by atoms with Crippen molar-refractivity contribution < 1.29 is 0 Å². The highest BCUT2D eigenvalue weighted by atomic mass is 15.3. The van der Waals surface area contributed by atoms with E-state index in [0.29, 0.717) is 5.82 Å². The molecule has 108 valence electrons. The molecular weight excluding hydrogens is 274 g/mol. The van der Waals surface area contributed by atoms with Gasteiger partial charge in [-0.3, -0.25) is 9.56 Å². The van der Waals surface area contributed by atoms with Gasteiger partial charge >= 0.3 is 0 Å². The van der Waals surface area contributed by atoms with Gasteiger partial charge in [0.2, 0.25) is 0 Å². The van der Waals surface area contributed by atoms with Gasteiger partial charge in [-0.2, -0.15) is 0 Å². The quantitative estimate of drug-likeness (QED) is 0.747. The largest absolute Gasteiger partial charge is 0.303 e. The van der Waals surface area contributed by atoms with Crippen molar-refractivity contribution in [2.75, 3.05) is 0 Å². The lowest BCUT2D eigenvalue weighted by atomic mass is 10.0. The summed E-state index contributed by atoms with van der Waals surface area (Å²) < 4.78 is 1.99. The fraction of sp³-hybridized carbons (Fsp3) is 0.118. The molecule has 0 saturated carbocycles. The molecule has 2 heterocycles. The van der Waals surface area contributed by atoms with Crippen LogP contribution < -0.4 is 5.73 Å². The number of fused-ring (bicyclic) bond motifs is 3. The second kappa shape index (κ2) is 4.89. The van der Waals surface area contributed by atoms with E-state index in [1.54, 1.807) is 0 Å². The molecule has 22 heavy (non-hydrogen) atoms. The molecule has 5 heteroatoms. The molecule has 0 radical (unpaired) electrons. The van der Waals surface area contributed by atoms with Crippen LogP contribution in [0.5, 0.6) is 0 Å². The van der Waals surface area contributed by atoms with Crippen LogP contribution in [0.3, 0.4) is 0 Å². The van der Waals surface area contributed by atoms with Crippen LogP contribution in [0, 0.1) is 6.92 Å².